The van der Waals surface area contributed by atoms with Crippen molar-refractivity contribution in [2.75, 3.05) is 27.2 Å². The number of likely N-dealkylation sites (tertiary alicyclic amines) is 1. The van der Waals surface area contributed by atoms with Crippen molar-refractivity contribution in [2.24, 2.45) is 5.92 Å². The number of hydrogen-bond acceptors (Lipinski definition) is 4. The van der Waals surface area contributed by atoms with Crippen LogP contribution in [0.5, 0.6) is 0 Å². The summed E-state index contributed by atoms with van der Waals surface area (Å²) in [7, 11) is 3.56. The van der Waals surface area contributed by atoms with Gasteiger partial charge in [-0.3, -0.25) is 9.69 Å². The molecule has 1 aliphatic heterocycles. The molecular formula is C18H33N3O3. The van der Waals surface area contributed by atoms with Gasteiger partial charge in [0.1, 0.15) is 5.60 Å². The van der Waals surface area contributed by atoms with Gasteiger partial charge in [0.15, 0.2) is 0 Å². The molecule has 2 aliphatic rings. The molecule has 6 nitrogen and oxygen atoms in total. The van der Waals surface area contributed by atoms with E-state index in [2.05, 4.69) is 10.2 Å². The maximum atomic E-state index is 12.6. The Hall–Kier alpha value is -1.30. The first-order valence-corrected chi connectivity index (χ1v) is 9.12. The lowest BCUT2D eigenvalue weighted by Gasteiger charge is -2.41. The fourth-order valence-electron chi connectivity index (χ4n) is 3.79. The molecule has 0 bridgehead atoms. The third-order valence-electron chi connectivity index (χ3n) is 4.95. The Morgan fingerprint density at radius 1 is 1.12 bits per heavy atom. The minimum absolute atomic E-state index is 0.0822. The quantitative estimate of drug-likeness (QED) is 0.856. The van der Waals surface area contributed by atoms with Crippen LogP contribution in [-0.2, 0) is 9.53 Å². The molecule has 0 aromatic heterocycles. The summed E-state index contributed by atoms with van der Waals surface area (Å²) in [5.74, 6) is -0.124. The molecule has 1 saturated carbocycles. The van der Waals surface area contributed by atoms with E-state index in [1.54, 1.807) is 19.0 Å². The van der Waals surface area contributed by atoms with Gasteiger partial charge in [-0.05, 0) is 40.0 Å². The zero-order valence-electron chi connectivity index (χ0n) is 15.8. The van der Waals surface area contributed by atoms with E-state index in [9.17, 15) is 9.59 Å². The number of carbonyl (C=O) groups excluding carboxylic acids is 2. The second-order valence-corrected chi connectivity index (χ2v) is 8.31. The van der Waals surface area contributed by atoms with Crippen molar-refractivity contribution in [1.29, 1.82) is 0 Å². The first-order valence-electron chi connectivity index (χ1n) is 9.12. The van der Waals surface area contributed by atoms with Crippen molar-refractivity contribution < 1.29 is 14.3 Å². The Morgan fingerprint density at radius 2 is 1.75 bits per heavy atom. The lowest BCUT2D eigenvalue weighted by atomic mass is 9.89. The second kappa shape index (κ2) is 7.72. The molecule has 1 heterocycles. The van der Waals surface area contributed by atoms with E-state index in [0.29, 0.717) is 6.04 Å². The predicted molar refractivity (Wildman–Crippen MR) is 93.8 cm³/mol. The zero-order valence-corrected chi connectivity index (χ0v) is 15.8. The van der Waals surface area contributed by atoms with Crippen molar-refractivity contribution in [3.63, 3.8) is 0 Å². The minimum Gasteiger partial charge on any atom is -0.444 e. The topological polar surface area (TPSA) is 61.9 Å². The number of hydrogen-bond donors (Lipinski definition) is 1. The number of rotatable bonds is 3. The molecule has 2 rings (SSSR count). The summed E-state index contributed by atoms with van der Waals surface area (Å²) >= 11 is 0. The number of ether oxygens (including phenoxy) is 1. The Bertz CT molecular complexity index is 453. The Kier molecular flexibility index (Phi) is 6.12. The summed E-state index contributed by atoms with van der Waals surface area (Å²) in [5, 5.41) is 2.94. The standard InChI is InChI=1S/C18H33N3O3/c1-18(2,3)24-17(23)19-15-10-11-21(13-8-6-7-9-13)12-14(15)16(22)20(4)5/h13-15H,6-12H2,1-5H3,(H,19,23). The molecule has 1 aliphatic carbocycles. The number of amides is 2. The van der Waals surface area contributed by atoms with Crippen molar-refractivity contribution >= 4 is 12.0 Å². The van der Waals surface area contributed by atoms with E-state index in [0.717, 1.165) is 19.5 Å². The highest BCUT2D eigenvalue weighted by Crippen LogP contribution is 2.29. The number of piperidine rings is 1. The molecule has 2 fully saturated rings. The summed E-state index contributed by atoms with van der Waals surface area (Å²) in [6.07, 6.45) is 5.39. The zero-order chi connectivity index (χ0) is 17.9. The molecule has 2 unspecified atom stereocenters. The van der Waals surface area contributed by atoms with Crippen molar-refractivity contribution in [2.45, 2.75) is 70.6 Å². The van der Waals surface area contributed by atoms with Crippen LogP contribution in [0, 0.1) is 5.92 Å². The van der Waals surface area contributed by atoms with Crippen LogP contribution < -0.4 is 5.32 Å². The average Bonchev–Trinajstić information content (AvgIpc) is 2.99. The predicted octanol–water partition coefficient (Wildman–Crippen LogP) is 2.23. The smallest absolute Gasteiger partial charge is 0.407 e. The Labute approximate surface area is 145 Å². The molecule has 1 saturated heterocycles. The Balaban J connectivity index is 2.03. The number of nitrogens with zero attached hydrogens (tertiary/aromatic N) is 2. The monoisotopic (exact) mass is 339 g/mol. The Morgan fingerprint density at radius 3 is 2.29 bits per heavy atom. The van der Waals surface area contributed by atoms with Gasteiger partial charge in [0.25, 0.3) is 0 Å². The largest absolute Gasteiger partial charge is 0.444 e. The third kappa shape index (κ3) is 5.10. The van der Waals surface area contributed by atoms with Crippen molar-refractivity contribution in [1.82, 2.24) is 15.1 Å². The summed E-state index contributed by atoms with van der Waals surface area (Å²) in [6.45, 7) is 7.19. The highest BCUT2D eigenvalue weighted by Gasteiger charge is 2.39. The SMILES string of the molecule is CN(C)C(=O)C1CN(C2CCCC2)CCC1NC(=O)OC(C)(C)C. The fourth-order valence-corrected chi connectivity index (χ4v) is 3.79. The molecule has 6 heteroatoms. The summed E-state index contributed by atoms with van der Waals surface area (Å²) in [6, 6.07) is 0.442. The molecule has 138 valence electrons. The van der Waals surface area contributed by atoms with E-state index in [1.807, 2.05) is 20.8 Å². The first kappa shape index (κ1) is 19.0. The van der Waals surface area contributed by atoms with Crippen molar-refractivity contribution in [3.8, 4) is 0 Å². The van der Waals surface area contributed by atoms with Gasteiger partial charge in [-0.2, -0.15) is 0 Å². The van der Waals surface area contributed by atoms with Gasteiger partial charge in [0, 0.05) is 39.3 Å². The third-order valence-corrected chi connectivity index (χ3v) is 4.95. The van der Waals surface area contributed by atoms with E-state index in [4.69, 9.17) is 4.74 Å². The molecule has 24 heavy (non-hydrogen) atoms. The van der Waals surface area contributed by atoms with Gasteiger partial charge in [-0.1, -0.05) is 12.8 Å². The maximum absolute atomic E-state index is 12.6. The molecule has 2 amide bonds. The van der Waals surface area contributed by atoms with Crippen LogP contribution in [0.25, 0.3) is 0 Å². The van der Waals surface area contributed by atoms with Gasteiger partial charge in [0.2, 0.25) is 5.91 Å². The lowest BCUT2D eigenvalue weighted by Crippen LogP contribution is -2.57. The first-order chi connectivity index (χ1) is 11.2. The highest BCUT2D eigenvalue weighted by atomic mass is 16.6. The van der Waals surface area contributed by atoms with E-state index in [-0.39, 0.29) is 17.9 Å². The van der Waals surface area contributed by atoms with Crippen LogP contribution in [0.2, 0.25) is 0 Å². The second-order valence-electron chi connectivity index (χ2n) is 8.31. The van der Waals surface area contributed by atoms with Crippen molar-refractivity contribution in [3.05, 3.63) is 0 Å². The van der Waals surface area contributed by atoms with Gasteiger partial charge in [-0.25, -0.2) is 4.79 Å². The van der Waals surface area contributed by atoms with Gasteiger partial charge >= 0.3 is 6.09 Å². The van der Waals surface area contributed by atoms with Crippen LogP contribution in [0.3, 0.4) is 0 Å². The van der Waals surface area contributed by atoms with Crippen LogP contribution in [-0.4, -0.2) is 66.7 Å². The van der Waals surface area contributed by atoms with Crippen LogP contribution in [0.4, 0.5) is 4.79 Å². The average molecular weight is 339 g/mol. The number of carbonyl (C=O) groups is 2. The van der Waals surface area contributed by atoms with Gasteiger partial charge in [0.05, 0.1) is 5.92 Å². The van der Waals surface area contributed by atoms with E-state index >= 15 is 0 Å². The summed E-state index contributed by atoms with van der Waals surface area (Å²) in [5.41, 5.74) is -0.532. The molecule has 0 aromatic carbocycles. The summed E-state index contributed by atoms with van der Waals surface area (Å²) in [4.78, 5) is 28.9. The van der Waals surface area contributed by atoms with E-state index in [1.165, 1.54) is 25.7 Å². The lowest BCUT2D eigenvalue weighted by molar-refractivity contribution is -0.136. The highest BCUT2D eigenvalue weighted by molar-refractivity contribution is 5.80. The van der Waals surface area contributed by atoms with Gasteiger partial charge in [-0.15, -0.1) is 0 Å². The molecule has 0 aromatic rings. The number of nitrogens with one attached hydrogen (secondary N) is 1. The fraction of sp³-hybridized carbons (Fsp3) is 0.889. The molecule has 1 N–H and O–H groups in total. The number of alkyl carbamates (subject to hydrolysis) is 1. The molecule has 2 atom stereocenters. The van der Waals surface area contributed by atoms with Crippen LogP contribution in [0.1, 0.15) is 52.9 Å². The van der Waals surface area contributed by atoms with Crippen LogP contribution in [0.15, 0.2) is 0 Å². The normalized spacial score (nSPS) is 26.2. The summed E-state index contributed by atoms with van der Waals surface area (Å²) < 4.78 is 5.37. The van der Waals surface area contributed by atoms with E-state index < -0.39 is 11.7 Å². The van der Waals surface area contributed by atoms with Gasteiger partial charge < -0.3 is 15.0 Å². The minimum atomic E-state index is -0.532. The van der Waals surface area contributed by atoms with Crippen LogP contribution >= 0.6 is 0 Å². The molecule has 0 spiro atoms. The molecular weight excluding hydrogens is 306 g/mol. The molecule has 0 radical (unpaired) electrons. The maximum Gasteiger partial charge on any atom is 0.407 e.